The minimum atomic E-state index is 0. The summed E-state index contributed by atoms with van der Waals surface area (Å²) < 4.78 is 6.04. The zero-order valence-electron chi connectivity index (χ0n) is 11.0. The maximum absolute atomic E-state index is 11.7. The quantitative estimate of drug-likeness (QED) is 0.722. The van der Waals surface area contributed by atoms with Gasteiger partial charge in [0.25, 0.3) is 0 Å². The van der Waals surface area contributed by atoms with Gasteiger partial charge >= 0.3 is 0 Å². The fourth-order valence-corrected chi connectivity index (χ4v) is 2.41. The van der Waals surface area contributed by atoms with Gasteiger partial charge in [-0.25, -0.2) is 6.08 Å². The molecule has 6 heteroatoms. The van der Waals surface area contributed by atoms with Gasteiger partial charge in [-0.1, -0.05) is 20.4 Å². The Hall–Kier alpha value is -0.696. The maximum Gasteiger partial charge on any atom is 0.222 e. The summed E-state index contributed by atoms with van der Waals surface area (Å²) >= 11 is 3.46. The molecule has 0 saturated heterocycles. The third kappa shape index (κ3) is 3.91. The van der Waals surface area contributed by atoms with Crippen LogP contribution < -0.4 is 4.74 Å². The second kappa shape index (κ2) is 7.92. The molecule has 0 aliphatic carbocycles. The van der Waals surface area contributed by atoms with Crippen LogP contribution in [0.2, 0.25) is 0 Å². The van der Waals surface area contributed by atoms with Gasteiger partial charge in [0, 0.05) is 46.2 Å². The summed E-state index contributed by atoms with van der Waals surface area (Å²) in [6.07, 6.45) is 4.36. The van der Waals surface area contributed by atoms with E-state index in [1.807, 2.05) is 12.1 Å². The van der Waals surface area contributed by atoms with Crippen LogP contribution >= 0.6 is 15.9 Å². The van der Waals surface area contributed by atoms with Crippen LogP contribution in [0, 0.1) is 17.4 Å². The van der Waals surface area contributed by atoms with Crippen molar-refractivity contribution >= 4 is 27.5 Å². The van der Waals surface area contributed by atoms with Gasteiger partial charge in [0.15, 0.2) is 6.61 Å². The molecule has 0 spiro atoms. The number of hydrogen-bond donors (Lipinski definition) is 0. The van der Waals surface area contributed by atoms with E-state index in [-0.39, 0.29) is 45.2 Å². The molecule has 1 heterocycles. The number of carbonyl (C=O) groups is 1. The van der Waals surface area contributed by atoms with Crippen LogP contribution in [0.4, 0.5) is 0 Å². The fourth-order valence-electron chi connectivity index (χ4n) is 1.87. The van der Waals surface area contributed by atoms with Crippen molar-refractivity contribution in [3.05, 3.63) is 34.3 Å². The second-order valence-electron chi connectivity index (χ2n) is 4.07. The Morgan fingerprint density at radius 3 is 2.95 bits per heavy atom. The van der Waals surface area contributed by atoms with Gasteiger partial charge in [-0.2, -0.15) is 5.26 Å². The van der Waals surface area contributed by atoms with Crippen molar-refractivity contribution in [3.63, 3.8) is 0 Å². The second-order valence-corrected chi connectivity index (χ2v) is 4.92. The Morgan fingerprint density at radius 2 is 2.30 bits per heavy atom. The smallest absolute Gasteiger partial charge is 0.222 e. The first-order chi connectivity index (χ1) is 9.13. The molecular weight excluding hydrogens is 397 g/mol. The fraction of sp³-hybridized carbons (Fsp3) is 0.286. The monoisotopic (exact) mass is 408 g/mol. The van der Waals surface area contributed by atoms with Crippen LogP contribution in [-0.4, -0.2) is 24.5 Å². The molecule has 0 N–H and O–H groups in total. The van der Waals surface area contributed by atoms with Crippen molar-refractivity contribution in [1.29, 1.82) is 5.26 Å². The van der Waals surface area contributed by atoms with E-state index in [1.54, 1.807) is 24.1 Å². The van der Waals surface area contributed by atoms with Crippen LogP contribution in [0.3, 0.4) is 0 Å². The summed E-state index contributed by atoms with van der Waals surface area (Å²) in [5, 5.41) is 8.47. The average molecular weight is 409 g/mol. The molecule has 1 radical (unpaired) electrons. The van der Waals surface area contributed by atoms with Gasteiger partial charge in [-0.05, 0) is 12.1 Å². The third-order valence-corrected chi connectivity index (χ3v) is 3.50. The van der Waals surface area contributed by atoms with Gasteiger partial charge in [0.2, 0.25) is 5.91 Å². The topological polar surface area (TPSA) is 53.3 Å². The number of nitrogens with zero attached hydrogens (tertiary/aromatic N) is 2. The molecule has 1 aliphatic rings. The number of allylic oxidation sites excluding steroid dienone is 1. The molecule has 0 aromatic heterocycles. The number of halogens is 1. The Bertz CT molecular complexity index is 581. The molecule has 4 nitrogen and oxygen atoms in total. The summed E-state index contributed by atoms with van der Waals surface area (Å²) in [6.45, 7) is 0.0129. The predicted octanol–water partition coefficient (Wildman–Crippen LogP) is 2.75. The van der Waals surface area contributed by atoms with Crippen LogP contribution in [0.25, 0.3) is 5.70 Å². The molecule has 2 rings (SSSR count). The van der Waals surface area contributed by atoms with Crippen LogP contribution in [0.1, 0.15) is 18.4 Å². The van der Waals surface area contributed by atoms with E-state index < -0.39 is 0 Å². The normalized spacial score (nSPS) is 14.2. The van der Waals surface area contributed by atoms with Crippen LogP contribution in [0.15, 0.2) is 22.7 Å². The van der Waals surface area contributed by atoms with Crippen molar-refractivity contribution in [3.8, 4) is 11.8 Å². The van der Waals surface area contributed by atoms with E-state index in [9.17, 15) is 4.79 Å². The van der Waals surface area contributed by atoms with Gasteiger partial charge in [0.05, 0.1) is 0 Å². The Labute approximate surface area is 151 Å². The number of benzene rings is 1. The molecule has 1 aromatic carbocycles. The van der Waals surface area contributed by atoms with E-state index in [4.69, 9.17) is 10.00 Å². The SMILES string of the molecule is CN1C(=O)CC[C-]=C1c1ccc(OCC#N)cc1Br.[Y]. The van der Waals surface area contributed by atoms with Crippen LogP contribution in [0.5, 0.6) is 5.75 Å². The third-order valence-electron chi connectivity index (χ3n) is 2.84. The van der Waals surface area contributed by atoms with Crippen molar-refractivity contribution in [2.75, 3.05) is 13.7 Å². The van der Waals surface area contributed by atoms with E-state index in [1.165, 1.54) is 0 Å². The number of amides is 1. The minimum absolute atomic E-state index is 0. The summed E-state index contributed by atoms with van der Waals surface area (Å²) in [4.78, 5) is 13.3. The van der Waals surface area contributed by atoms with E-state index in [0.717, 1.165) is 15.7 Å². The van der Waals surface area contributed by atoms with Crippen molar-refractivity contribution in [2.24, 2.45) is 0 Å². The standard InChI is InChI=1S/C14H12BrN2O2.Y/c1-17-13(3-2-4-14(17)18)11-6-5-10(9-12(11)15)19-8-7-16;/h5-6,9H,2,4,8H2,1H3;/q-1;. The Balaban J connectivity index is 0.00000200. The average Bonchev–Trinajstić information content (AvgIpc) is 2.40. The molecule has 0 bridgehead atoms. The zero-order valence-corrected chi connectivity index (χ0v) is 15.4. The molecular formula is C14H12BrN2O2Y-. The largest absolute Gasteiger partial charge is 0.479 e. The Morgan fingerprint density at radius 1 is 1.55 bits per heavy atom. The molecule has 0 fully saturated rings. The maximum atomic E-state index is 11.7. The molecule has 1 amide bonds. The Kier molecular flexibility index (Phi) is 6.87. The first-order valence-electron chi connectivity index (χ1n) is 5.80. The van der Waals surface area contributed by atoms with E-state index in [2.05, 4.69) is 22.0 Å². The molecule has 0 saturated carbocycles. The molecule has 0 atom stereocenters. The first kappa shape index (κ1) is 17.4. The number of rotatable bonds is 3. The van der Waals surface area contributed by atoms with Crippen molar-refractivity contribution in [2.45, 2.75) is 12.8 Å². The summed E-state index contributed by atoms with van der Waals surface area (Å²) in [5.41, 5.74) is 1.66. The number of hydrogen-bond acceptors (Lipinski definition) is 3. The van der Waals surface area contributed by atoms with Gasteiger partial charge in [0.1, 0.15) is 11.8 Å². The van der Waals surface area contributed by atoms with Crippen molar-refractivity contribution in [1.82, 2.24) is 4.90 Å². The molecule has 1 aliphatic heterocycles. The number of ether oxygens (including phenoxy) is 1. The molecule has 0 unspecified atom stereocenters. The van der Waals surface area contributed by atoms with Gasteiger partial charge in [-0.15, -0.1) is 23.7 Å². The summed E-state index contributed by atoms with van der Waals surface area (Å²) in [7, 11) is 1.75. The van der Waals surface area contributed by atoms with E-state index in [0.29, 0.717) is 18.6 Å². The molecule has 1 aromatic rings. The first-order valence-corrected chi connectivity index (χ1v) is 6.60. The molecule has 20 heavy (non-hydrogen) atoms. The number of carbonyl (C=O) groups excluding carboxylic acids is 1. The van der Waals surface area contributed by atoms with E-state index >= 15 is 0 Å². The number of nitriles is 1. The van der Waals surface area contributed by atoms with Gasteiger partial charge < -0.3 is 9.64 Å². The van der Waals surface area contributed by atoms with Crippen LogP contribution in [-0.2, 0) is 37.5 Å². The van der Waals surface area contributed by atoms with Gasteiger partial charge in [-0.3, -0.25) is 4.79 Å². The molecule has 101 valence electrons. The summed E-state index contributed by atoms with van der Waals surface area (Å²) in [5.74, 6) is 0.702. The predicted molar refractivity (Wildman–Crippen MR) is 73.9 cm³/mol. The zero-order chi connectivity index (χ0) is 13.8. The minimum Gasteiger partial charge on any atom is -0.479 e. The van der Waals surface area contributed by atoms with Crippen molar-refractivity contribution < 1.29 is 42.2 Å². The summed E-state index contributed by atoms with van der Waals surface area (Å²) in [6, 6.07) is 7.34.